The zero-order valence-corrected chi connectivity index (χ0v) is 15.5. The fourth-order valence-corrected chi connectivity index (χ4v) is 3.52. The van der Waals surface area contributed by atoms with E-state index in [4.69, 9.17) is 9.47 Å². The van der Waals surface area contributed by atoms with E-state index in [1.165, 1.54) is 24.3 Å². The number of carbonyl (C=O) groups is 1. The van der Waals surface area contributed by atoms with E-state index in [9.17, 15) is 13.2 Å². The highest BCUT2D eigenvalue weighted by atomic mass is 32.2. The first-order valence-electron chi connectivity index (χ1n) is 8.47. The number of nitrogens with one attached hydrogen (secondary N) is 2. The molecule has 0 aromatic heterocycles. The highest BCUT2D eigenvalue weighted by molar-refractivity contribution is 7.89. The van der Waals surface area contributed by atoms with E-state index in [1.54, 1.807) is 0 Å². The Kier molecular flexibility index (Phi) is 7.22. The van der Waals surface area contributed by atoms with Crippen molar-refractivity contribution in [3.8, 4) is 5.75 Å². The average Bonchev–Trinajstić information content (AvgIpc) is 3.10. The van der Waals surface area contributed by atoms with Crippen LogP contribution in [0.3, 0.4) is 0 Å². The normalized spacial score (nSPS) is 17.6. The lowest BCUT2D eigenvalue weighted by molar-refractivity contribution is -0.123. The lowest BCUT2D eigenvalue weighted by atomic mass is 10.2. The fourth-order valence-electron chi connectivity index (χ4n) is 2.31. The molecule has 1 saturated heterocycles. The minimum absolute atomic E-state index is 0.0896. The van der Waals surface area contributed by atoms with Crippen molar-refractivity contribution < 1.29 is 22.7 Å². The first kappa shape index (κ1) is 19.7. The van der Waals surface area contributed by atoms with Gasteiger partial charge in [0, 0.05) is 19.7 Å². The molecule has 1 aromatic carbocycles. The van der Waals surface area contributed by atoms with Crippen LogP contribution in [-0.2, 0) is 19.6 Å². The smallest absolute Gasteiger partial charge is 0.258 e. The molecule has 25 heavy (non-hydrogen) atoms. The molecule has 0 radical (unpaired) electrons. The molecule has 1 fully saturated rings. The van der Waals surface area contributed by atoms with Crippen molar-refractivity contribution in [2.24, 2.45) is 5.92 Å². The van der Waals surface area contributed by atoms with E-state index in [1.807, 2.05) is 13.8 Å². The van der Waals surface area contributed by atoms with Crippen LogP contribution in [0.15, 0.2) is 29.2 Å². The van der Waals surface area contributed by atoms with Gasteiger partial charge in [0.1, 0.15) is 5.75 Å². The molecule has 1 amide bonds. The number of carbonyl (C=O) groups excluding carboxylic acids is 1. The number of rotatable bonds is 9. The van der Waals surface area contributed by atoms with Crippen LogP contribution in [0, 0.1) is 5.92 Å². The summed E-state index contributed by atoms with van der Waals surface area (Å²) in [5.74, 6) is 0.436. The van der Waals surface area contributed by atoms with E-state index < -0.39 is 10.0 Å². The molecular weight excluding hydrogens is 344 g/mol. The maximum atomic E-state index is 12.1. The first-order chi connectivity index (χ1) is 11.9. The maximum absolute atomic E-state index is 12.1. The number of hydrogen-bond donors (Lipinski definition) is 2. The molecule has 0 saturated carbocycles. The van der Waals surface area contributed by atoms with E-state index in [0.717, 1.165) is 19.4 Å². The molecule has 1 atom stereocenters. The summed E-state index contributed by atoms with van der Waals surface area (Å²) in [5.41, 5.74) is 0. The van der Waals surface area contributed by atoms with Gasteiger partial charge >= 0.3 is 0 Å². The van der Waals surface area contributed by atoms with Crippen molar-refractivity contribution >= 4 is 15.9 Å². The van der Waals surface area contributed by atoms with Crippen LogP contribution in [0.4, 0.5) is 0 Å². The molecule has 2 N–H and O–H groups in total. The SMILES string of the molecule is CC(C)CNS(=O)(=O)c1ccc(OCC(=O)NC[C@@H]2CCCO2)cc1. The van der Waals surface area contributed by atoms with E-state index in [-0.39, 0.29) is 29.4 Å². The van der Waals surface area contributed by atoms with Crippen molar-refractivity contribution in [2.75, 3.05) is 26.3 Å². The molecule has 140 valence electrons. The Bertz CT molecular complexity index is 652. The topological polar surface area (TPSA) is 93.7 Å². The Morgan fingerprint density at radius 1 is 1.32 bits per heavy atom. The Morgan fingerprint density at radius 3 is 2.64 bits per heavy atom. The van der Waals surface area contributed by atoms with Gasteiger partial charge in [0.2, 0.25) is 10.0 Å². The maximum Gasteiger partial charge on any atom is 0.258 e. The predicted molar refractivity (Wildman–Crippen MR) is 93.9 cm³/mol. The van der Waals surface area contributed by atoms with Crippen LogP contribution >= 0.6 is 0 Å². The third-order valence-electron chi connectivity index (χ3n) is 3.74. The van der Waals surface area contributed by atoms with E-state index in [0.29, 0.717) is 18.8 Å². The van der Waals surface area contributed by atoms with E-state index in [2.05, 4.69) is 10.0 Å². The fraction of sp³-hybridized carbons (Fsp3) is 0.588. The number of sulfonamides is 1. The molecule has 1 aliphatic heterocycles. The lowest BCUT2D eigenvalue weighted by Gasteiger charge is -2.12. The number of benzene rings is 1. The van der Waals surface area contributed by atoms with Gasteiger partial charge in [0.15, 0.2) is 6.61 Å². The number of hydrogen-bond acceptors (Lipinski definition) is 5. The zero-order chi connectivity index (χ0) is 18.3. The van der Waals surface area contributed by atoms with Crippen molar-refractivity contribution in [3.05, 3.63) is 24.3 Å². The van der Waals surface area contributed by atoms with Gasteiger partial charge in [-0.05, 0) is 43.0 Å². The quantitative estimate of drug-likeness (QED) is 0.683. The van der Waals surface area contributed by atoms with Crippen molar-refractivity contribution in [2.45, 2.75) is 37.7 Å². The minimum Gasteiger partial charge on any atom is -0.484 e. The highest BCUT2D eigenvalue weighted by Gasteiger charge is 2.17. The third kappa shape index (κ3) is 6.64. The highest BCUT2D eigenvalue weighted by Crippen LogP contribution is 2.16. The number of ether oxygens (including phenoxy) is 2. The van der Waals surface area contributed by atoms with Crippen LogP contribution in [-0.4, -0.2) is 46.7 Å². The summed E-state index contributed by atoms with van der Waals surface area (Å²) in [6.07, 6.45) is 2.08. The Hall–Kier alpha value is -1.64. The van der Waals surface area contributed by atoms with Crippen LogP contribution < -0.4 is 14.8 Å². The number of amides is 1. The molecule has 1 aliphatic rings. The molecule has 0 unspecified atom stereocenters. The molecule has 1 aromatic rings. The summed E-state index contributed by atoms with van der Waals surface area (Å²) in [5, 5.41) is 2.76. The monoisotopic (exact) mass is 370 g/mol. The second-order valence-electron chi connectivity index (χ2n) is 6.44. The summed E-state index contributed by atoms with van der Waals surface area (Å²) in [6.45, 7) is 5.36. The summed E-state index contributed by atoms with van der Waals surface area (Å²) in [6, 6.07) is 6.00. The molecule has 7 nitrogen and oxygen atoms in total. The standard InChI is InChI=1S/C17H26N2O5S/c1-13(2)10-19-25(21,22)16-7-5-14(6-8-16)24-12-17(20)18-11-15-4-3-9-23-15/h5-8,13,15,19H,3-4,9-12H2,1-2H3,(H,18,20)/t15-/m0/s1. The molecule has 1 heterocycles. The second-order valence-corrected chi connectivity index (χ2v) is 8.21. The minimum atomic E-state index is -3.52. The van der Waals surface area contributed by atoms with Crippen LogP contribution in [0.5, 0.6) is 5.75 Å². The van der Waals surface area contributed by atoms with Crippen molar-refractivity contribution in [1.29, 1.82) is 0 Å². The van der Waals surface area contributed by atoms with E-state index >= 15 is 0 Å². The van der Waals surface area contributed by atoms with Crippen LogP contribution in [0.2, 0.25) is 0 Å². The molecular formula is C17H26N2O5S. The zero-order valence-electron chi connectivity index (χ0n) is 14.7. The molecule has 0 bridgehead atoms. The lowest BCUT2D eigenvalue weighted by Crippen LogP contribution is -2.35. The molecule has 0 spiro atoms. The average molecular weight is 370 g/mol. The first-order valence-corrected chi connectivity index (χ1v) is 9.96. The van der Waals surface area contributed by atoms with Gasteiger partial charge in [-0.25, -0.2) is 13.1 Å². The van der Waals surface area contributed by atoms with Gasteiger partial charge in [-0.3, -0.25) is 4.79 Å². The summed E-state index contributed by atoms with van der Waals surface area (Å²) in [7, 11) is -3.52. The Balaban J connectivity index is 1.78. The van der Waals surface area contributed by atoms with Gasteiger partial charge in [-0.2, -0.15) is 0 Å². The summed E-state index contributed by atoms with van der Waals surface area (Å²) >= 11 is 0. The van der Waals surface area contributed by atoms with Crippen molar-refractivity contribution in [3.63, 3.8) is 0 Å². The Labute approximate surface area is 149 Å². The van der Waals surface area contributed by atoms with Gasteiger partial charge in [-0.15, -0.1) is 0 Å². The van der Waals surface area contributed by atoms with Gasteiger partial charge in [0.05, 0.1) is 11.0 Å². The summed E-state index contributed by atoms with van der Waals surface area (Å²) in [4.78, 5) is 11.9. The second kappa shape index (κ2) is 9.17. The predicted octanol–water partition coefficient (Wildman–Crippen LogP) is 1.29. The van der Waals surface area contributed by atoms with Crippen molar-refractivity contribution in [1.82, 2.24) is 10.0 Å². The van der Waals surface area contributed by atoms with Gasteiger partial charge < -0.3 is 14.8 Å². The molecule has 0 aliphatic carbocycles. The van der Waals surface area contributed by atoms with Crippen LogP contribution in [0.25, 0.3) is 0 Å². The largest absolute Gasteiger partial charge is 0.484 e. The van der Waals surface area contributed by atoms with Crippen LogP contribution in [0.1, 0.15) is 26.7 Å². The van der Waals surface area contributed by atoms with Gasteiger partial charge in [-0.1, -0.05) is 13.8 Å². The molecule has 8 heteroatoms. The Morgan fingerprint density at radius 2 is 2.04 bits per heavy atom. The third-order valence-corrected chi connectivity index (χ3v) is 5.18. The summed E-state index contributed by atoms with van der Waals surface area (Å²) < 4.78 is 37.5. The van der Waals surface area contributed by atoms with Gasteiger partial charge in [0.25, 0.3) is 5.91 Å². The molecule has 2 rings (SSSR count).